The molecule has 1 atom stereocenters. The smallest absolute Gasteiger partial charge is 0.0347 e. The van der Waals surface area contributed by atoms with E-state index in [1.807, 2.05) is 13.0 Å². The van der Waals surface area contributed by atoms with E-state index in [0.29, 0.717) is 5.92 Å². The van der Waals surface area contributed by atoms with Gasteiger partial charge in [0.25, 0.3) is 0 Å². The summed E-state index contributed by atoms with van der Waals surface area (Å²) in [5.74, 6) is 0.544. The zero-order valence-corrected chi connectivity index (χ0v) is 9.25. The van der Waals surface area contributed by atoms with Gasteiger partial charge in [-0.3, -0.25) is 0 Å². The zero-order valence-electron chi connectivity index (χ0n) is 9.25. The maximum Gasteiger partial charge on any atom is 0.0347 e. The fourth-order valence-corrected chi connectivity index (χ4v) is 1.51. The Labute approximate surface area is 86.3 Å². The second kappa shape index (κ2) is 4.47. The lowest BCUT2D eigenvalue weighted by molar-refractivity contribution is 0.736. The molecule has 0 saturated carbocycles. The number of rotatable bonds is 3. The zero-order chi connectivity index (χ0) is 10.7. The molecule has 0 radical (unpaired) electrons. The molecule has 0 saturated heterocycles. The van der Waals surface area contributed by atoms with Crippen LogP contribution in [-0.4, -0.2) is 6.04 Å². The van der Waals surface area contributed by atoms with E-state index in [-0.39, 0.29) is 6.04 Å². The second-order valence-electron chi connectivity index (χ2n) is 4.29. The molecule has 0 aromatic heterocycles. The lowest BCUT2D eigenvalue weighted by atomic mass is 9.97. The van der Waals surface area contributed by atoms with Crippen LogP contribution in [-0.2, 0) is 6.42 Å². The molecule has 0 amide bonds. The van der Waals surface area contributed by atoms with Crippen molar-refractivity contribution in [3.8, 4) is 0 Å². The van der Waals surface area contributed by atoms with Gasteiger partial charge in [0.15, 0.2) is 0 Å². The predicted octanol–water partition coefficient (Wildman–Crippen LogP) is 2.28. The van der Waals surface area contributed by atoms with Crippen molar-refractivity contribution in [2.75, 3.05) is 5.73 Å². The largest absolute Gasteiger partial charge is 0.399 e. The molecule has 0 fully saturated rings. The Balaban J connectivity index is 2.96. The summed E-state index contributed by atoms with van der Waals surface area (Å²) in [5.41, 5.74) is 15.0. The molecule has 0 aliphatic carbocycles. The summed E-state index contributed by atoms with van der Waals surface area (Å²) in [6.45, 7) is 6.36. The van der Waals surface area contributed by atoms with Gasteiger partial charge in [-0.2, -0.15) is 0 Å². The van der Waals surface area contributed by atoms with Gasteiger partial charge in [-0.05, 0) is 36.5 Å². The third-order valence-corrected chi connectivity index (χ3v) is 2.38. The Morgan fingerprint density at radius 3 is 2.36 bits per heavy atom. The van der Waals surface area contributed by atoms with Gasteiger partial charge in [-0.1, -0.05) is 26.0 Å². The molecular weight excluding hydrogens is 172 g/mol. The molecule has 0 aliphatic rings. The van der Waals surface area contributed by atoms with Crippen molar-refractivity contribution in [3.63, 3.8) is 0 Å². The molecule has 1 aromatic rings. The van der Waals surface area contributed by atoms with Crippen LogP contribution in [0.2, 0.25) is 0 Å². The molecule has 0 heterocycles. The maximum absolute atomic E-state index is 5.88. The van der Waals surface area contributed by atoms with Crippen LogP contribution < -0.4 is 11.5 Å². The van der Waals surface area contributed by atoms with Crippen LogP contribution in [0.4, 0.5) is 5.69 Å². The van der Waals surface area contributed by atoms with Crippen molar-refractivity contribution in [3.05, 3.63) is 29.3 Å². The molecule has 78 valence electrons. The summed E-state index contributed by atoms with van der Waals surface area (Å²) in [5, 5.41) is 0. The highest BCUT2D eigenvalue weighted by Crippen LogP contribution is 2.21. The minimum Gasteiger partial charge on any atom is -0.399 e. The topological polar surface area (TPSA) is 52.0 Å². The van der Waals surface area contributed by atoms with Crippen molar-refractivity contribution in [2.45, 2.75) is 39.2 Å². The highest BCUT2D eigenvalue weighted by Gasteiger charge is 2.05. The van der Waals surface area contributed by atoms with Gasteiger partial charge < -0.3 is 11.5 Å². The Kier molecular flexibility index (Phi) is 3.53. The molecule has 2 heteroatoms. The molecule has 1 unspecified atom stereocenters. The first-order valence-electron chi connectivity index (χ1n) is 5.14. The fraction of sp³-hybridized carbons (Fsp3) is 0.500. The maximum atomic E-state index is 5.88. The number of benzene rings is 1. The van der Waals surface area contributed by atoms with Crippen LogP contribution in [0.15, 0.2) is 18.2 Å². The third kappa shape index (κ3) is 2.74. The number of hydrogen-bond donors (Lipinski definition) is 2. The SMILES string of the molecule is CC(N)Cc1cc(C(C)C)ccc1N. The predicted molar refractivity (Wildman–Crippen MR) is 62.3 cm³/mol. The number of nitrogens with two attached hydrogens (primary N) is 2. The van der Waals surface area contributed by atoms with Crippen LogP contribution in [0.25, 0.3) is 0 Å². The minimum atomic E-state index is 0.166. The van der Waals surface area contributed by atoms with Crippen molar-refractivity contribution >= 4 is 5.69 Å². The van der Waals surface area contributed by atoms with E-state index >= 15 is 0 Å². The molecule has 0 aliphatic heterocycles. The molecule has 1 rings (SSSR count). The molecule has 4 N–H and O–H groups in total. The van der Waals surface area contributed by atoms with E-state index in [1.165, 1.54) is 11.1 Å². The molecule has 0 bridgehead atoms. The van der Waals surface area contributed by atoms with E-state index < -0.39 is 0 Å². The minimum absolute atomic E-state index is 0.166. The Hall–Kier alpha value is -1.02. The second-order valence-corrected chi connectivity index (χ2v) is 4.29. The van der Waals surface area contributed by atoms with Gasteiger partial charge in [0.05, 0.1) is 0 Å². The number of hydrogen-bond acceptors (Lipinski definition) is 2. The van der Waals surface area contributed by atoms with E-state index in [4.69, 9.17) is 11.5 Å². The van der Waals surface area contributed by atoms with Crippen LogP contribution in [0.5, 0.6) is 0 Å². The molecule has 2 nitrogen and oxygen atoms in total. The average Bonchev–Trinajstić information content (AvgIpc) is 2.07. The lowest BCUT2D eigenvalue weighted by Crippen LogP contribution is -2.18. The molecular formula is C12H20N2. The van der Waals surface area contributed by atoms with E-state index in [2.05, 4.69) is 26.0 Å². The van der Waals surface area contributed by atoms with E-state index in [1.54, 1.807) is 0 Å². The first-order chi connectivity index (χ1) is 6.50. The average molecular weight is 192 g/mol. The first-order valence-corrected chi connectivity index (χ1v) is 5.14. The van der Waals surface area contributed by atoms with Crippen molar-refractivity contribution in [1.29, 1.82) is 0 Å². The first kappa shape index (κ1) is 11.1. The summed E-state index contributed by atoms with van der Waals surface area (Å²) in [4.78, 5) is 0. The van der Waals surface area contributed by atoms with Gasteiger partial charge in [0.1, 0.15) is 0 Å². The summed E-state index contributed by atoms with van der Waals surface area (Å²) >= 11 is 0. The monoisotopic (exact) mass is 192 g/mol. The Morgan fingerprint density at radius 2 is 1.86 bits per heavy atom. The van der Waals surface area contributed by atoms with Crippen LogP contribution in [0, 0.1) is 0 Å². The van der Waals surface area contributed by atoms with Crippen molar-refractivity contribution in [1.82, 2.24) is 0 Å². The highest BCUT2D eigenvalue weighted by atomic mass is 14.6. The Morgan fingerprint density at radius 1 is 1.21 bits per heavy atom. The van der Waals surface area contributed by atoms with Crippen molar-refractivity contribution < 1.29 is 0 Å². The van der Waals surface area contributed by atoms with Gasteiger partial charge in [-0.25, -0.2) is 0 Å². The van der Waals surface area contributed by atoms with Gasteiger partial charge in [-0.15, -0.1) is 0 Å². The normalized spacial score (nSPS) is 13.2. The van der Waals surface area contributed by atoms with Gasteiger partial charge in [0.2, 0.25) is 0 Å². The lowest BCUT2D eigenvalue weighted by Gasteiger charge is -2.12. The molecule has 14 heavy (non-hydrogen) atoms. The standard InChI is InChI=1S/C12H20N2/c1-8(2)10-4-5-12(14)11(7-10)6-9(3)13/h4-5,7-9H,6,13-14H2,1-3H3. The van der Waals surface area contributed by atoms with Gasteiger partial charge in [0, 0.05) is 11.7 Å². The summed E-state index contributed by atoms with van der Waals surface area (Å²) < 4.78 is 0. The third-order valence-electron chi connectivity index (χ3n) is 2.38. The number of anilines is 1. The quantitative estimate of drug-likeness (QED) is 0.722. The summed E-state index contributed by atoms with van der Waals surface area (Å²) in [6, 6.07) is 6.40. The summed E-state index contributed by atoms with van der Waals surface area (Å²) in [7, 11) is 0. The fourth-order valence-electron chi connectivity index (χ4n) is 1.51. The van der Waals surface area contributed by atoms with Crippen LogP contribution in [0.1, 0.15) is 37.8 Å². The van der Waals surface area contributed by atoms with Crippen LogP contribution in [0.3, 0.4) is 0 Å². The van der Waals surface area contributed by atoms with E-state index in [0.717, 1.165) is 12.1 Å². The molecule has 1 aromatic carbocycles. The Bertz CT molecular complexity index is 303. The van der Waals surface area contributed by atoms with E-state index in [9.17, 15) is 0 Å². The van der Waals surface area contributed by atoms with Gasteiger partial charge >= 0.3 is 0 Å². The molecule has 0 spiro atoms. The summed E-state index contributed by atoms with van der Waals surface area (Å²) in [6.07, 6.45) is 0.854. The van der Waals surface area contributed by atoms with Crippen LogP contribution >= 0.6 is 0 Å². The number of nitrogen functional groups attached to an aromatic ring is 1. The van der Waals surface area contributed by atoms with Crippen molar-refractivity contribution in [2.24, 2.45) is 5.73 Å². The highest BCUT2D eigenvalue weighted by molar-refractivity contribution is 5.49.